The lowest BCUT2D eigenvalue weighted by atomic mass is 10.0. The molecule has 1 fully saturated rings. The van der Waals surface area contributed by atoms with E-state index in [9.17, 15) is 9.59 Å². The van der Waals surface area contributed by atoms with Gasteiger partial charge in [0.1, 0.15) is 5.82 Å². The van der Waals surface area contributed by atoms with Crippen LogP contribution in [-0.4, -0.2) is 26.3 Å². The smallest absolute Gasteiger partial charge is 0.303 e. The predicted molar refractivity (Wildman–Crippen MR) is 83.7 cm³/mol. The van der Waals surface area contributed by atoms with Crippen LogP contribution < -0.4 is 5.56 Å². The standard InChI is InChI=1S/C15H22N2O3S/c1-10-12(7-8-14(18)19)15(20)17-13(16-10)9-21-11-5-3-2-4-6-11/h11H,2-9H2,1H3,(H,18,19)(H,16,17,20). The van der Waals surface area contributed by atoms with Crippen molar-refractivity contribution in [1.29, 1.82) is 0 Å². The second-order valence-electron chi connectivity index (χ2n) is 5.54. The summed E-state index contributed by atoms with van der Waals surface area (Å²) in [5.74, 6) is 0.526. The zero-order chi connectivity index (χ0) is 15.2. The van der Waals surface area contributed by atoms with Crippen molar-refractivity contribution in [3.8, 4) is 0 Å². The summed E-state index contributed by atoms with van der Waals surface area (Å²) in [6.45, 7) is 1.78. The first-order valence-corrected chi connectivity index (χ1v) is 8.53. The second kappa shape index (κ2) is 7.64. The number of carboxylic acid groups (broad SMARTS) is 1. The zero-order valence-corrected chi connectivity index (χ0v) is 13.2. The van der Waals surface area contributed by atoms with Crippen molar-refractivity contribution in [3.63, 3.8) is 0 Å². The highest BCUT2D eigenvalue weighted by atomic mass is 32.2. The molecule has 1 heterocycles. The summed E-state index contributed by atoms with van der Waals surface area (Å²) < 4.78 is 0. The van der Waals surface area contributed by atoms with Gasteiger partial charge in [0.15, 0.2) is 0 Å². The summed E-state index contributed by atoms with van der Waals surface area (Å²) in [6, 6.07) is 0. The third-order valence-electron chi connectivity index (χ3n) is 3.87. The van der Waals surface area contributed by atoms with Crippen molar-refractivity contribution >= 4 is 17.7 Å². The molecule has 0 aromatic carbocycles. The van der Waals surface area contributed by atoms with Crippen molar-refractivity contribution in [1.82, 2.24) is 9.97 Å². The van der Waals surface area contributed by atoms with E-state index in [2.05, 4.69) is 9.97 Å². The van der Waals surface area contributed by atoms with E-state index < -0.39 is 5.97 Å². The normalized spacial score (nSPS) is 16.0. The summed E-state index contributed by atoms with van der Waals surface area (Å²) >= 11 is 1.87. The molecule has 1 aliphatic rings. The van der Waals surface area contributed by atoms with E-state index in [0.717, 1.165) is 5.75 Å². The van der Waals surface area contributed by atoms with Gasteiger partial charge in [-0.05, 0) is 26.2 Å². The van der Waals surface area contributed by atoms with E-state index in [1.807, 2.05) is 11.8 Å². The maximum atomic E-state index is 12.0. The molecule has 0 aliphatic heterocycles. The Morgan fingerprint density at radius 2 is 2.10 bits per heavy atom. The predicted octanol–water partition coefficient (Wildman–Crippen LogP) is 2.66. The van der Waals surface area contributed by atoms with E-state index in [1.165, 1.54) is 32.1 Å². The maximum absolute atomic E-state index is 12.0. The first-order chi connectivity index (χ1) is 10.1. The molecule has 6 heteroatoms. The summed E-state index contributed by atoms with van der Waals surface area (Å²) in [7, 11) is 0. The molecule has 5 nitrogen and oxygen atoms in total. The highest BCUT2D eigenvalue weighted by Gasteiger charge is 2.15. The lowest BCUT2D eigenvalue weighted by molar-refractivity contribution is -0.136. The third kappa shape index (κ3) is 4.88. The molecule has 1 aromatic rings. The number of thioether (sulfide) groups is 1. The van der Waals surface area contributed by atoms with Gasteiger partial charge in [0.25, 0.3) is 5.56 Å². The average Bonchev–Trinajstić information content (AvgIpc) is 2.45. The Kier molecular flexibility index (Phi) is 5.85. The number of aryl methyl sites for hydroxylation is 1. The number of aromatic amines is 1. The van der Waals surface area contributed by atoms with E-state index in [4.69, 9.17) is 5.11 Å². The van der Waals surface area contributed by atoms with E-state index in [0.29, 0.717) is 22.3 Å². The Hall–Kier alpha value is -1.30. The van der Waals surface area contributed by atoms with Gasteiger partial charge in [0.2, 0.25) is 0 Å². The topological polar surface area (TPSA) is 83.0 Å². The fourth-order valence-electron chi connectivity index (χ4n) is 2.69. The summed E-state index contributed by atoms with van der Waals surface area (Å²) in [4.78, 5) is 29.9. The number of carbonyl (C=O) groups is 1. The molecule has 0 saturated heterocycles. The second-order valence-corrected chi connectivity index (χ2v) is 6.83. The first-order valence-electron chi connectivity index (χ1n) is 7.48. The van der Waals surface area contributed by atoms with Crippen molar-refractivity contribution in [2.75, 3.05) is 0 Å². The van der Waals surface area contributed by atoms with Crippen molar-refractivity contribution in [2.24, 2.45) is 0 Å². The number of H-pyrrole nitrogens is 1. The molecule has 116 valence electrons. The number of nitrogens with zero attached hydrogens (tertiary/aromatic N) is 1. The molecule has 0 bridgehead atoms. The molecule has 0 radical (unpaired) electrons. The Morgan fingerprint density at radius 3 is 2.71 bits per heavy atom. The van der Waals surface area contributed by atoms with Crippen LogP contribution in [0.3, 0.4) is 0 Å². The number of carboxylic acids is 1. The molecule has 0 atom stereocenters. The van der Waals surface area contributed by atoms with Gasteiger partial charge < -0.3 is 10.1 Å². The number of hydrogen-bond donors (Lipinski definition) is 2. The minimum atomic E-state index is -0.897. The van der Waals surface area contributed by atoms with E-state index >= 15 is 0 Å². The molecular weight excluding hydrogens is 288 g/mol. The van der Waals surface area contributed by atoms with Gasteiger partial charge in [0, 0.05) is 22.9 Å². The minimum absolute atomic E-state index is 0.0399. The monoisotopic (exact) mass is 310 g/mol. The van der Waals surface area contributed by atoms with Crippen LogP contribution in [0.5, 0.6) is 0 Å². The summed E-state index contributed by atoms with van der Waals surface area (Å²) in [5.41, 5.74) is 0.950. The van der Waals surface area contributed by atoms with Gasteiger partial charge in [-0.25, -0.2) is 4.98 Å². The van der Waals surface area contributed by atoms with Crippen LogP contribution in [-0.2, 0) is 17.0 Å². The van der Waals surface area contributed by atoms with E-state index in [1.54, 1.807) is 6.92 Å². The fraction of sp³-hybridized carbons (Fsp3) is 0.667. The number of hydrogen-bond acceptors (Lipinski definition) is 4. The Balaban J connectivity index is 1.98. The molecule has 2 rings (SSSR count). The molecule has 0 spiro atoms. The average molecular weight is 310 g/mol. The molecule has 2 N–H and O–H groups in total. The highest BCUT2D eigenvalue weighted by Crippen LogP contribution is 2.29. The Morgan fingerprint density at radius 1 is 1.38 bits per heavy atom. The van der Waals surface area contributed by atoms with Crippen molar-refractivity contribution < 1.29 is 9.90 Å². The van der Waals surface area contributed by atoms with Crippen molar-refractivity contribution in [3.05, 3.63) is 27.4 Å². The van der Waals surface area contributed by atoms with Gasteiger partial charge in [-0.2, -0.15) is 11.8 Å². The van der Waals surface area contributed by atoms with Crippen LogP contribution in [0.25, 0.3) is 0 Å². The van der Waals surface area contributed by atoms with Crippen LogP contribution in [0.2, 0.25) is 0 Å². The maximum Gasteiger partial charge on any atom is 0.303 e. The first kappa shape index (κ1) is 16.1. The van der Waals surface area contributed by atoms with Crippen LogP contribution in [0, 0.1) is 6.92 Å². The van der Waals surface area contributed by atoms with Gasteiger partial charge in [0.05, 0.1) is 5.75 Å². The number of nitrogens with one attached hydrogen (secondary N) is 1. The largest absolute Gasteiger partial charge is 0.481 e. The minimum Gasteiger partial charge on any atom is -0.481 e. The van der Waals surface area contributed by atoms with Crippen LogP contribution in [0.4, 0.5) is 0 Å². The molecule has 1 aromatic heterocycles. The van der Waals surface area contributed by atoms with Gasteiger partial charge in [-0.1, -0.05) is 19.3 Å². The van der Waals surface area contributed by atoms with Gasteiger partial charge >= 0.3 is 5.97 Å². The Labute approximate surface area is 128 Å². The molecule has 0 unspecified atom stereocenters. The van der Waals surface area contributed by atoms with Crippen LogP contribution in [0.15, 0.2) is 4.79 Å². The fourth-order valence-corrected chi connectivity index (χ4v) is 3.89. The summed E-state index contributed by atoms with van der Waals surface area (Å²) in [5, 5.41) is 9.38. The van der Waals surface area contributed by atoms with Crippen LogP contribution in [0.1, 0.15) is 55.6 Å². The van der Waals surface area contributed by atoms with Crippen molar-refractivity contribution in [2.45, 2.75) is 62.9 Å². The molecule has 0 amide bonds. The SMILES string of the molecule is Cc1nc(CSC2CCCCC2)[nH]c(=O)c1CCC(=O)O. The number of rotatable bonds is 6. The quantitative estimate of drug-likeness (QED) is 0.844. The molecule has 1 saturated carbocycles. The Bertz CT molecular complexity index is 550. The lowest BCUT2D eigenvalue weighted by Crippen LogP contribution is -2.20. The molecule has 1 aliphatic carbocycles. The van der Waals surface area contributed by atoms with Gasteiger partial charge in [-0.15, -0.1) is 0 Å². The number of aliphatic carboxylic acids is 1. The van der Waals surface area contributed by atoms with E-state index in [-0.39, 0.29) is 18.4 Å². The lowest BCUT2D eigenvalue weighted by Gasteiger charge is -2.20. The van der Waals surface area contributed by atoms with Crippen LogP contribution >= 0.6 is 11.8 Å². The molecular formula is C15H22N2O3S. The summed E-state index contributed by atoms with van der Waals surface area (Å²) in [6.07, 6.45) is 6.64. The zero-order valence-electron chi connectivity index (χ0n) is 12.4. The molecule has 21 heavy (non-hydrogen) atoms. The third-order valence-corrected chi connectivity index (χ3v) is 5.25. The van der Waals surface area contributed by atoms with Gasteiger partial charge in [-0.3, -0.25) is 9.59 Å². The highest BCUT2D eigenvalue weighted by molar-refractivity contribution is 7.99. The number of aromatic nitrogens is 2.